The number of carbonyl (C=O) groups excluding carboxylic acids is 2. The van der Waals surface area contributed by atoms with Crippen LogP contribution in [0.1, 0.15) is 21.5 Å². The van der Waals surface area contributed by atoms with Gasteiger partial charge in [0, 0.05) is 22.9 Å². The third-order valence-corrected chi connectivity index (χ3v) is 6.35. The van der Waals surface area contributed by atoms with Crippen molar-refractivity contribution >= 4 is 40.9 Å². The maximum atomic E-state index is 13.5. The minimum Gasteiger partial charge on any atom is -0.497 e. The largest absolute Gasteiger partial charge is 0.497 e. The molecule has 0 aromatic heterocycles. The maximum Gasteiger partial charge on any atom is 0.283 e. The Labute approximate surface area is 208 Å². The van der Waals surface area contributed by atoms with E-state index in [2.05, 4.69) is 4.99 Å². The highest BCUT2D eigenvalue weighted by Gasteiger charge is 2.32. The van der Waals surface area contributed by atoms with Gasteiger partial charge >= 0.3 is 0 Å². The van der Waals surface area contributed by atoms with E-state index in [1.165, 1.54) is 11.8 Å². The molecular weight excluding hydrogens is 464 g/mol. The molecule has 0 unspecified atom stereocenters. The van der Waals surface area contributed by atoms with Gasteiger partial charge in [-0.15, -0.1) is 0 Å². The number of nitrogens with zero attached hydrogens (tertiary/aromatic N) is 2. The minimum atomic E-state index is -0.245. The molecule has 0 radical (unpaired) electrons. The first-order valence-electron chi connectivity index (χ1n) is 10.7. The van der Waals surface area contributed by atoms with Crippen LogP contribution in [0.3, 0.4) is 0 Å². The molecule has 0 aliphatic carbocycles. The fourth-order valence-corrected chi connectivity index (χ4v) is 4.55. The van der Waals surface area contributed by atoms with Crippen LogP contribution in [-0.4, -0.2) is 38.7 Å². The highest BCUT2D eigenvalue weighted by Crippen LogP contribution is 2.34. The lowest BCUT2D eigenvalue weighted by atomic mass is 10.1. The van der Waals surface area contributed by atoms with E-state index in [0.29, 0.717) is 39.4 Å². The summed E-state index contributed by atoms with van der Waals surface area (Å²) in [7, 11) is 4.77. The maximum absolute atomic E-state index is 13.5. The van der Waals surface area contributed by atoms with Gasteiger partial charge in [0.25, 0.3) is 5.91 Å². The van der Waals surface area contributed by atoms with Gasteiger partial charge in [-0.25, -0.2) is 4.99 Å². The van der Waals surface area contributed by atoms with E-state index in [-0.39, 0.29) is 5.91 Å². The summed E-state index contributed by atoms with van der Waals surface area (Å²) >= 11 is 1.38. The molecule has 0 fully saturated rings. The predicted octanol–water partition coefficient (Wildman–Crippen LogP) is 5.20. The predicted molar refractivity (Wildman–Crippen MR) is 139 cm³/mol. The first-order chi connectivity index (χ1) is 17.1. The molecule has 4 rings (SSSR count). The number of hydrogen-bond donors (Lipinski definition) is 0. The van der Waals surface area contributed by atoms with Crippen molar-refractivity contribution in [3.05, 3.63) is 89.1 Å². The van der Waals surface area contributed by atoms with Crippen molar-refractivity contribution in [2.75, 3.05) is 26.2 Å². The van der Waals surface area contributed by atoms with Gasteiger partial charge in [-0.3, -0.25) is 14.5 Å². The normalized spacial score (nSPS) is 14.1. The van der Waals surface area contributed by atoms with Crippen LogP contribution >= 0.6 is 11.8 Å². The number of benzene rings is 3. The molecule has 1 aliphatic heterocycles. The van der Waals surface area contributed by atoms with Gasteiger partial charge < -0.3 is 14.2 Å². The summed E-state index contributed by atoms with van der Waals surface area (Å²) in [5.41, 5.74) is 3.17. The number of ether oxygens (including phenoxy) is 3. The number of aldehydes is 1. The Morgan fingerprint density at radius 2 is 1.63 bits per heavy atom. The Balaban J connectivity index is 1.69. The molecule has 0 bridgehead atoms. The van der Waals surface area contributed by atoms with Crippen LogP contribution in [0.25, 0.3) is 6.08 Å². The van der Waals surface area contributed by atoms with Crippen molar-refractivity contribution in [3.63, 3.8) is 0 Å². The van der Waals surface area contributed by atoms with Crippen LogP contribution in [0, 0.1) is 0 Å². The molecule has 7 nitrogen and oxygen atoms in total. The SMILES string of the molecule is COc1ccc(/C=C2\N=C(SCc3cc(C=O)ccc3OC)N(c3cccc(OC)c3)C2=O)cc1. The number of anilines is 1. The van der Waals surface area contributed by atoms with Crippen molar-refractivity contribution in [1.29, 1.82) is 0 Å². The summed E-state index contributed by atoms with van der Waals surface area (Å²) in [4.78, 5) is 31.0. The first kappa shape index (κ1) is 24.1. The number of thioether (sulfide) groups is 1. The van der Waals surface area contributed by atoms with Crippen LogP contribution in [0.2, 0.25) is 0 Å². The zero-order chi connectivity index (χ0) is 24.8. The Morgan fingerprint density at radius 3 is 2.31 bits per heavy atom. The molecular formula is C27H24N2O5S. The number of hydrogen-bond acceptors (Lipinski definition) is 7. The number of carbonyl (C=O) groups is 2. The van der Waals surface area contributed by atoms with Crippen molar-refractivity contribution in [2.45, 2.75) is 5.75 Å². The van der Waals surface area contributed by atoms with Gasteiger partial charge in [0.1, 0.15) is 29.2 Å². The molecule has 8 heteroatoms. The number of rotatable bonds is 8. The van der Waals surface area contributed by atoms with Crippen LogP contribution in [0.15, 0.2) is 77.4 Å². The minimum absolute atomic E-state index is 0.245. The Hall–Kier alpha value is -4.04. The second kappa shape index (κ2) is 10.9. The summed E-state index contributed by atoms with van der Waals surface area (Å²) in [6, 6.07) is 19.9. The van der Waals surface area contributed by atoms with E-state index < -0.39 is 0 Å². The van der Waals surface area contributed by atoms with Crippen molar-refractivity contribution in [2.24, 2.45) is 4.99 Å². The molecule has 3 aromatic carbocycles. The highest BCUT2D eigenvalue weighted by molar-refractivity contribution is 8.13. The van der Waals surface area contributed by atoms with Crippen molar-refractivity contribution in [3.8, 4) is 17.2 Å². The zero-order valence-corrected chi connectivity index (χ0v) is 20.4. The lowest BCUT2D eigenvalue weighted by molar-refractivity contribution is -0.113. The number of amides is 1. The van der Waals surface area contributed by atoms with E-state index in [1.807, 2.05) is 42.5 Å². The summed E-state index contributed by atoms with van der Waals surface area (Å²) < 4.78 is 16.0. The third kappa shape index (κ3) is 5.38. The quantitative estimate of drug-likeness (QED) is 0.320. The molecule has 35 heavy (non-hydrogen) atoms. The Kier molecular flexibility index (Phi) is 7.52. The van der Waals surface area contributed by atoms with Crippen LogP contribution < -0.4 is 19.1 Å². The average molecular weight is 489 g/mol. The zero-order valence-electron chi connectivity index (χ0n) is 19.6. The first-order valence-corrected chi connectivity index (χ1v) is 11.7. The molecule has 178 valence electrons. The summed E-state index contributed by atoms with van der Waals surface area (Å²) in [5.74, 6) is 2.23. The van der Waals surface area contributed by atoms with Crippen LogP contribution in [0.4, 0.5) is 5.69 Å². The topological polar surface area (TPSA) is 77.4 Å². The number of amidine groups is 1. The lowest BCUT2D eigenvalue weighted by Crippen LogP contribution is -2.30. The summed E-state index contributed by atoms with van der Waals surface area (Å²) in [6.45, 7) is 0. The van der Waals surface area contributed by atoms with Crippen LogP contribution in [-0.2, 0) is 10.5 Å². The Bertz CT molecular complexity index is 1300. The second-order valence-electron chi connectivity index (χ2n) is 7.52. The van der Waals surface area contributed by atoms with Crippen LogP contribution in [0.5, 0.6) is 17.2 Å². The van der Waals surface area contributed by atoms with Gasteiger partial charge in [0.2, 0.25) is 0 Å². The number of methoxy groups -OCH3 is 3. The van der Waals surface area contributed by atoms with Crippen molar-refractivity contribution in [1.82, 2.24) is 0 Å². The van der Waals surface area contributed by atoms with Gasteiger partial charge in [0.15, 0.2) is 5.17 Å². The van der Waals surface area contributed by atoms with Gasteiger partial charge in [-0.2, -0.15) is 0 Å². The fourth-order valence-electron chi connectivity index (χ4n) is 3.56. The van der Waals surface area contributed by atoms with E-state index in [4.69, 9.17) is 14.2 Å². The van der Waals surface area contributed by atoms with E-state index in [9.17, 15) is 9.59 Å². The molecule has 0 atom stereocenters. The van der Waals surface area contributed by atoms with E-state index in [1.54, 1.807) is 56.6 Å². The summed E-state index contributed by atoms with van der Waals surface area (Å²) in [6.07, 6.45) is 2.54. The smallest absolute Gasteiger partial charge is 0.283 e. The van der Waals surface area contributed by atoms with Gasteiger partial charge in [-0.1, -0.05) is 30.0 Å². The summed E-state index contributed by atoms with van der Waals surface area (Å²) in [5, 5.41) is 0.515. The molecule has 1 aliphatic rings. The molecule has 0 saturated carbocycles. The van der Waals surface area contributed by atoms with Gasteiger partial charge in [0.05, 0.1) is 27.0 Å². The molecule has 0 N–H and O–H groups in total. The molecule has 1 amide bonds. The average Bonchev–Trinajstić information content (AvgIpc) is 3.22. The number of aliphatic imine (C=N–C) groups is 1. The van der Waals surface area contributed by atoms with E-state index in [0.717, 1.165) is 23.2 Å². The highest BCUT2D eigenvalue weighted by atomic mass is 32.2. The molecule has 0 saturated heterocycles. The molecule has 3 aromatic rings. The molecule has 0 spiro atoms. The Morgan fingerprint density at radius 1 is 0.886 bits per heavy atom. The van der Waals surface area contributed by atoms with Gasteiger partial charge in [-0.05, 0) is 54.1 Å². The van der Waals surface area contributed by atoms with Crippen molar-refractivity contribution < 1.29 is 23.8 Å². The second-order valence-corrected chi connectivity index (χ2v) is 8.46. The van der Waals surface area contributed by atoms with E-state index >= 15 is 0 Å². The monoisotopic (exact) mass is 488 g/mol. The fraction of sp³-hybridized carbons (Fsp3) is 0.148. The standard InChI is InChI=1S/C27H24N2O5S/c1-32-22-10-7-18(8-11-22)14-24-26(31)29(21-5-4-6-23(15-21)33-2)27(28-24)35-17-20-13-19(16-30)9-12-25(20)34-3/h4-16H,17H2,1-3H3/b24-14-. The lowest BCUT2D eigenvalue weighted by Gasteiger charge is -2.19. The molecule has 1 heterocycles. The third-order valence-electron chi connectivity index (χ3n) is 5.36.